The fourth-order valence-electron chi connectivity index (χ4n) is 5.39. The van der Waals surface area contributed by atoms with E-state index in [4.69, 9.17) is 16.6 Å². The number of halogens is 1. The second-order valence-corrected chi connectivity index (χ2v) is 9.26. The lowest BCUT2D eigenvalue weighted by Crippen LogP contribution is -2.55. The molecule has 33 heavy (non-hydrogen) atoms. The maximum atomic E-state index is 13.8. The number of hydrogen-bond donors (Lipinski definition) is 1. The second kappa shape index (κ2) is 7.61. The summed E-state index contributed by atoms with van der Waals surface area (Å²) >= 11 is 6.24. The molecule has 2 aliphatic rings. The van der Waals surface area contributed by atoms with E-state index in [-0.39, 0.29) is 5.91 Å². The molecule has 4 aromatic rings. The fourth-order valence-corrected chi connectivity index (χ4v) is 5.57. The number of para-hydroxylation sites is 1. The third-order valence-electron chi connectivity index (χ3n) is 7.05. The number of hydrogen-bond acceptors (Lipinski definition) is 5. The first-order valence-corrected chi connectivity index (χ1v) is 11.4. The number of nitrogens with one attached hydrogen (secondary N) is 1. The number of nitrogens with zero attached hydrogens (tertiary/aromatic N) is 4. The van der Waals surface area contributed by atoms with Crippen molar-refractivity contribution in [1.29, 1.82) is 0 Å². The Labute approximate surface area is 196 Å². The molecule has 1 saturated carbocycles. The van der Waals surface area contributed by atoms with E-state index in [1.165, 1.54) is 6.33 Å². The van der Waals surface area contributed by atoms with Crippen LogP contribution in [0.25, 0.3) is 21.9 Å². The SMILES string of the molecule is CNC1CC2(C1)C(=O)N(Cc1ncc3cc(Cl)ccc3c1-c1cncnc1)c1ccccc12. The molecule has 0 radical (unpaired) electrons. The number of rotatable bonds is 4. The second-order valence-electron chi connectivity index (χ2n) is 8.82. The molecule has 0 atom stereocenters. The molecule has 1 N–H and O–H groups in total. The zero-order chi connectivity index (χ0) is 22.6. The average molecular weight is 456 g/mol. The molecule has 1 aliphatic carbocycles. The number of carbonyl (C=O) groups is 1. The molecule has 164 valence electrons. The van der Waals surface area contributed by atoms with Crippen LogP contribution in [-0.2, 0) is 16.8 Å². The lowest BCUT2D eigenvalue weighted by Gasteiger charge is -2.44. The highest BCUT2D eigenvalue weighted by Gasteiger charge is 2.57. The molecule has 7 heteroatoms. The smallest absolute Gasteiger partial charge is 0.238 e. The molecule has 0 bridgehead atoms. The summed E-state index contributed by atoms with van der Waals surface area (Å²) in [6.07, 6.45) is 8.54. The summed E-state index contributed by atoms with van der Waals surface area (Å²) in [5.41, 5.74) is 4.26. The summed E-state index contributed by atoms with van der Waals surface area (Å²) in [5, 5.41) is 5.91. The van der Waals surface area contributed by atoms with Gasteiger partial charge in [0.1, 0.15) is 6.33 Å². The van der Waals surface area contributed by atoms with E-state index in [1.807, 2.05) is 54.5 Å². The predicted molar refractivity (Wildman–Crippen MR) is 129 cm³/mol. The van der Waals surface area contributed by atoms with Crippen LogP contribution in [0.1, 0.15) is 24.1 Å². The highest BCUT2D eigenvalue weighted by molar-refractivity contribution is 6.31. The first-order valence-electron chi connectivity index (χ1n) is 11.0. The predicted octanol–water partition coefficient (Wildman–Crippen LogP) is 4.51. The van der Waals surface area contributed by atoms with Crippen LogP contribution in [0.5, 0.6) is 0 Å². The maximum Gasteiger partial charge on any atom is 0.238 e. The molecule has 6 rings (SSSR count). The molecule has 2 aromatic carbocycles. The van der Waals surface area contributed by atoms with Crippen LogP contribution in [0, 0.1) is 0 Å². The van der Waals surface area contributed by atoms with Crippen molar-refractivity contribution in [3.63, 3.8) is 0 Å². The Hall–Kier alpha value is -3.35. The van der Waals surface area contributed by atoms with Crippen molar-refractivity contribution in [1.82, 2.24) is 20.3 Å². The van der Waals surface area contributed by atoms with E-state index in [0.717, 1.165) is 51.7 Å². The van der Waals surface area contributed by atoms with Crippen molar-refractivity contribution in [3.8, 4) is 11.1 Å². The molecular weight excluding hydrogens is 434 g/mol. The zero-order valence-electron chi connectivity index (χ0n) is 18.1. The summed E-state index contributed by atoms with van der Waals surface area (Å²) in [6.45, 7) is 0.380. The average Bonchev–Trinajstić information content (AvgIpc) is 3.06. The Morgan fingerprint density at radius 1 is 1.12 bits per heavy atom. The maximum absolute atomic E-state index is 13.8. The van der Waals surface area contributed by atoms with Crippen LogP contribution in [0.2, 0.25) is 5.02 Å². The third-order valence-corrected chi connectivity index (χ3v) is 7.29. The van der Waals surface area contributed by atoms with Crippen LogP contribution >= 0.6 is 11.6 Å². The number of fused-ring (bicyclic) bond motifs is 3. The molecule has 1 aliphatic heterocycles. The quantitative estimate of drug-likeness (QED) is 0.490. The van der Waals surface area contributed by atoms with E-state index in [1.54, 1.807) is 12.4 Å². The highest BCUT2D eigenvalue weighted by atomic mass is 35.5. The van der Waals surface area contributed by atoms with Gasteiger partial charge in [0.2, 0.25) is 5.91 Å². The molecule has 6 nitrogen and oxygen atoms in total. The molecule has 0 saturated heterocycles. The minimum absolute atomic E-state index is 0.156. The van der Waals surface area contributed by atoms with Crippen molar-refractivity contribution in [2.24, 2.45) is 0 Å². The van der Waals surface area contributed by atoms with Gasteiger partial charge >= 0.3 is 0 Å². The zero-order valence-corrected chi connectivity index (χ0v) is 18.9. The summed E-state index contributed by atoms with van der Waals surface area (Å²) in [7, 11) is 1.96. The summed E-state index contributed by atoms with van der Waals surface area (Å²) in [4.78, 5) is 29.0. The van der Waals surface area contributed by atoms with Gasteiger partial charge in [-0.25, -0.2) is 9.97 Å². The molecule has 0 unspecified atom stereocenters. The Balaban J connectivity index is 1.48. The van der Waals surface area contributed by atoms with Crippen molar-refractivity contribution in [3.05, 3.63) is 83.7 Å². The standard InChI is InChI=1S/C26H22ClN5O/c1-28-19-9-26(10-19)21-4-2-3-5-23(21)32(25(26)33)14-22-24(17-11-29-15-30-12-17)20-7-6-18(27)8-16(20)13-31-22/h2-8,11-13,15,19,28H,9-10,14H2,1H3. The van der Waals surface area contributed by atoms with Gasteiger partial charge in [0.05, 0.1) is 17.7 Å². The van der Waals surface area contributed by atoms with Crippen LogP contribution in [-0.4, -0.2) is 33.9 Å². The van der Waals surface area contributed by atoms with Crippen molar-refractivity contribution >= 4 is 34.0 Å². The van der Waals surface area contributed by atoms with Crippen LogP contribution in [0.15, 0.2) is 67.4 Å². The molecule has 1 spiro atoms. The van der Waals surface area contributed by atoms with Gasteiger partial charge in [-0.1, -0.05) is 35.9 Å². The van der Waals surface area contributed by atoms with Gasteiger partial charge < -0.3 is 10.2 Å². The van der Waals surface area contributed by atoms with Crippen molar-refractivity contribution in [2.45, 2.75) is 30.8 Å². The van der Waals surface area contributed by atoms with Gasteiger partial charge in [0.15, 0.2) is 0 Å². The molecule has 1 fully saturated rings. The normalized spacial score (nSPS) is 21.5. The summed E-state index contributed by atoms with van der Waals surface area (Å²) in [5.74, 6) is 0.156. The number of aromatic nitrogens is 3. The number of carbonyl (C=O) groups excluding carboxylic acids is 1. The van der Waals surface area contributed by atoms with E-state index in [2.05, 4.69) is 21.4 Å². The highest BCUT2D eigenvalue weighted by Crippen LogP contribution is 2.53. The Bertz CT molecular complexity index is 1380. The van der Waals surface area contributed by atoms with E-state index < -0.39 is 5.41 Å². The van der Waals surface area contributed by atoms with Gasteiger partial charge in [-0.2, -0.15) is 0 Å². The monoisotopic (exact) mass is 455 g/mol. The topological polar surface area (TPSA) is 71.0 Å². The van der Waals surface area contributed by atoms with Gasteiger partial charge in [0.25, 0.3) is 0 Å². The lowest BCUT2D eigenvalue weighted by molar-refractivity contribution is -0.127. The van der Waals surface area contributed by atoms with E-state index >= 15 is 0 Å². The van der Waals surface area contributed by atoms with Gasteiger partial charge in [0, 0.05) is 51.9 Å². The lowest BCUT2D eigenvalue weighted by atomic mass is 9.62. The van der Waals surface area contributed by atoms with Crippen molar-refractivity contribution < 1.29 is 4.79 Å². The van der Waals surface area contributed by atoms with Crippen molar-refractivity contribution in [2.75, 3.05) is 11.9 Å². The minimum Gasteiger partial charge on any atom is -0.317 e. The Morgan fingerprint density at radius 2 is 1.91 bits per heavy atom. The van der Waals surface area contributed by atoms with Crippen LogP contribution in [0.4, 0.5) is 5.69 Å². The van der Waals surface area contributed by atoms with Crippen LogP contribution < -0.4 is 10.2 Å². The Morgan fingerprint density at radius 3 is 2.70 bits per heavy atom. The molecular formula is C26H22ClN5O. The van der Waals surface area contributed by atoms with E-state index in [9.17, 15) is 4.79 Å². The van der Waals surface area contributed by atoms with Crippen LogP contribution in [0.3, 0.4) is 0 Å². The minimum atomic E-state index is -0.440. The molecule has 2 aromatic heterocycles. The summed E-state index contributed by atoms with van der Waals surface area (Å²) < 4.78 is 0. The largest absolute Gasteiger partial charge is 0.317 e. The first kappa shape index (κ1) is 20.3. The number of amides is 1. The van der Waals surface area contributed by atoms with E-state index in [0.29, 0.717) is 17.6 Å². The number of benzene rings is 2. The van der Waals surface area contributed by atoms with Gasteiger partial charge in [-0.3, -0.25) is 9.78 Å². The van der Waals surface area contributed by atoms with Gasteiger partial charge in [-0.15, -0.1) is 0 Å². The first-order chi connectivity index (χ1) is 16.1. The fraction of sp³-hybridized carbons (Fsp3) is 0.231. The molecule has 3 heterocycles. The number of anilines is 1. The summed E-state index contributed by atoms with van der Waals surface area (Å²) in [6, 6.07) is 14.3. The molecule has 1 amide bonds. The van der Waals surface area contributed by atoms with Gasteiger partial charge in [-0.05, 0) is 49.0 Å². The Kier molecular flexibility index (Phi) is 4.67. The number of pyridine rings is 1. The third kappa shape index (κ3) is 3.05.